The Morgan fingerprint density at radius 3 is 2.53 bits per heavy atom. The first kappa shape index (κ1) is 28.1. The highest BCUT2D eigenvalue weighted by Gasteiger charge is 2.29. The highest BCUT2D eigenvalue weighted by atomic mass is 16.7. The lowest BCUT2D eigenvalue weighted by atomic mass is 10.1. The summed E-state index contributed by atoms with van der Waals surface area (Å²) in [6, 6.07) is 4.79. The number of aromatic nitrogens is 3. The molecule has 0 spiro atoms. The fourth-order valence-electron chi connectivity index (χ4n) is 3.68. The van der Waals surface area contributed by atoms with E-state index in [9.17, 15) is 19.2 Å². The number of ether oxygens (including phenoxy) is 2. The maximum absolute atomic E-state index is 13.4. The van der Waals surface area contributed by atoms with Gasteiger partial charge in [-0.2, -0.15) is 5.10 Å². The number of nitrogens with one attached hydrogen (secondary N) is 2. The summed E-state index contributed by atoms with van der Waals surface area (Å²) in [5.74, 6) is -1.56. The number of esters is 1. The van der Waals surface area contributed by atoms with E-state index < -0.39 is 25.5 Å². The van der Waals surface area contributed by atoms with E-state index >= 15 is 0 Å². The minimum atomic E-state index is -0.981. The summed E-state index contributed by atoms with van der Waals surface area (Å²) >= 11 is 0. The summed E-state index contributed by atoms with van der Waals surface area (Å²) in [5.41, 5.74) is 2.36. The second-order valence-corrected chi connectivity index (χ2v) is 8.20. The number of rotatable bonds is 10. The van der Waals surface area contributed by atoms with Crippen molar-refractivity contribution in [3.63, 3.8) is 0 Å². The molecule has 0 saturated heterocycles. The fraction of sp³-hybridized carbons (Fsp3) is 0.360. The molecular formula is C25H30N6O7. The van der Waals surface area contributed by atoms with E-state index in [0.29, 0.717) is 35.3 Å². The van der Waals surface area contributed by atoms with Gasteiger partial charge in [0.15, 0.2) is 5.82 Å². The summed E-state index contributed by atoms with van der Waals surface area (Å²) in [4.78, 5) is 55.5. The van der Waals surface area contributed by atoms with Crippen molar-refractivity contribution in [2.45, 2.75) is 34.1 Å². The molecule has 3 rings (SSSR count). The van der Waals surface area contributed by atoms with Crippen LogP contribution in [0.15, 0.2) is 30.7 Å². The predicted molar refractivity (Wildman–Crippen MR) is 136 cm³/mol. The van der Waals surface area contributed by atoms with Crippen LogP contribution in [0, 0.1) is 13.8 Å². The number of benzene rings is 1. The van der Waals surface area contributed by atoms with Crippen LogP contribution >= 0.6 is 0 Å². The third-order valence-corrected chi connectivity index (χ3v) is 5.56. The number of carbonyl (C=O) groups is 4. The van der Waals surface area contributed by atoms with E-state index in [2.05, 4.69) is 25.5 Å². The second-order valence-electron chi connectivity index (χ2n) is 8.20. The minimum absolute atomic E-state index is 0.0710. The van der Waals surface area contributed by atoms with Crippen molar-refractivity contribution in [2.75, 3.05) is 31.4 Å². The zero-order chi connectivity index (χ0) is 27.8. The van der Waals surface area contributed by atoms with Crippen molar-refractivity contribution in [1.82, 2.24) is 25.2 Å². The first-order valence-corrected chi connectivity index (χ1v) is 12.0. The average molecular weight is 527 g/mol. The number of aryl methyl sites for hydroxylation is 2. The van der Waals surface area contributed by atoms with Gasteiger partial charge in [0.05, 0.1) is 11.3 Å². The number of aliphatic hydroxyl groups is 1. The van der Waals surface area contributed by atoms with E-state index in [-0.39, 0.29) is 28.9 Å². The Bertz CT molecular complexity index is 1350. The Hall–Kier alpha value is -4.52. The number of hydrogen-bond donors (Lipinski definition) is 3. The van der Waals surface area contributed by atoms with Gasteiger partial charge >= 0.3 is 12.1 Å². The molecule has 2 heterocycles. The molecule has 0 fully saturated rings. The highest BCUT2D eigenvalue weighted by Crippen LogP contribution is 2.34. The molecule has 0 saturated carbocycles. The molecule has 3 amide bonds. The molecule has 0 unspecified atom stereocenters. The molecule has 0 aliphatic rings. The van der Waals surface area contributed by atoms with Gasteiger partial charge in [-0.3, -0.25) is 9.59 Å². The summed E-state index contributed by atoms with van der Waals surface area (Å²) in [5, 5.41) is 18.6. The van der Waals surface area contributed by atoms with Crippen molar-refractivity contribution in [1.29, 1.82) is 0 Å². The van der Waals surface area contributed by atoms with Crippen molar-refractivity contribution < 1.29 is 33.8 Å². The molecule has 0 aliphatic heterocycles. The Labute approximate surface area is 218 Å². The number of carbonyl (C=O) groups excluding carboxylic acids is 4. The van der Waals surface area contributed by atoms with Crippen LogP contribution in [0.1, 0.15) is 52.1 Å². The molecule has 0 aliphatic carbocycles. The van der Waals surface area contributed by atoms with Gasteiger partial charge in [0.25, 0.3) is 11.8 Å². The molecule has 13 nitrogen and oxygen atoms in total. The van der Waals surface area contributed by atoms with Gasteiger partial charge < -0.3 is 25.2 Å². The van der Waals surface area contributed by atoms with E-state index in [0.717, 1.165) is 11.3 Å². The third-order valence-electron chi connectivity index (χ3n) is 5.56. The van der Waals surface area contributed by atoms with E-state index in [4.69, 9.17) is 9.84 Å². The highest BCUT2D eigenvalue weighted by molar-refractivity contribution is 6.04. The lowest BCUT2D eigenvalue weighted by Crippen LogP contribution is -2.31. The molecule has 38 heavy (non-hydrogen) atoms. The van der Waals surface area contributed by atoms with Crippen LogP contribution in [0.5, 0.6) is 0 Å². The average Bonchev–Trinajstić information content (AvgIpc) is 3.25. The molecule has 0 bridgehead atoms. The normalized spacial score (nSPS) is 10.7. The van der Waals surface area contributed by atoms with Gasteiger partial charge in [0.1, 0.15) is 18.5 Å². The largest absolute Gasteiger partial charge is 0.426 e. The number of hydrogen-bond acceptors (Lipinski definition) is 9. The van der Waals surface area contributed by atoms with Crippen LogP contribution in [0.4, 0.5) is 16.3 Å². The van der Waals surface area contributed by atoms with Crippen molar-refractivity contribution in [2.24, 2.45) is 0 Å². The summed E-state index contributed by atoms with van der Waals surface area (Å²) in [7, 11) is 0. The SMILES string of the molecule is CCCNC(=O)c1cn2ncnc(N(C(=O)OCOC(=O)CO)c3cc(C(=O)NCC)ccc3C)c2c1C. The fourth-order valence-corrected chi connectivity index (χ4v) is 3.68. The molecule has 13 heteroatoms. The van der Waals surface area contributed by atoms with Gasteiger partial charge in [-0.25, -0.2) is 24.0 Å². The Morgan fingerprint density at radius 2 is 1.84 bits per heavy atom. The number of amides is 3. The van der Waals surface area contributed by atoms with Crippen LogP contribution in [-0.4, -0.2) is 70.1 Å². The molecule has 0 atom stereocenters. The van der Waals surface area contributed by atoms with E-state index in [1.807, 2.05) is 6.92 Å². The Balaban J connectivity index is 2.16. The van der Waals surface area contributed by atoms with Gasteiger partial charge in [-0.15, -0.1) is 0 Å². The summed E-state index contributed by atoms with van der Waals surface area (Å²) in [6.07, 6.45) is 2.52. The molecule has 3 N–H and O–H groups in total. The second kappa shape index (κ2) is 12.6. The lowest BCUT2D eigenvalue weighted by Gasteiger charge is -2.24. The van der Waals surface area contributed by atoms with Crippen molar-refractivity contribution in [3.05, 3.63) is 53.0 Å². The topological polar surface area (TPSA) is 164 Å². The van der Waals surface area contributed by atoms with E-state index in [1.165, 1.54) is 23.1 Å². The maximum atomic E-state index is 13.4. The predicted octanol–water partition coefficient (Wildman–Crippen LogP) is 2.00. The van der Waals surface area contributed by atoms with Gasteiger partial charge in [-0.1, -0.05) is 13.0 Å². The number of aliphatic hydroxyl groups excluding tert-OH is 1. The van der Waals surface area contributed by atoms with Crippen LogP contribution in [0.25, 0.3) is 5.52 Å². The molecule has 3 aromatic rings. The lowest BCUT2D eigenvalue weighted by molar-refractivity contribution is -0.154. The smallest absolute Gasteiger partial charge is 0.423 e. The van der Waals surface area contributed by atoms with Gasteiger partial charge in [0, 0.05) is 24.8 Å². The Morgan fingerprint density at radius 1 is 1.08 bits per heavy atom. The van der Waals surface area contributed by atoms with Crippen LogP contribution < -0.4 is 15.5 Å². The van der Waals surface area contributed by atoms with Gasteiger partial charge in [0.2, 0.25) is 6.79 Å². The van der Waals surface area contributed by atoms with E-state index in [1.54, 1.807) is 32.9 Å². The third kappa shape index (κ3) is 6.06. The number of fused-ring (bicyclic) bond motifs is 1. The van der Waals surface area contributed by atoms with Crippen LogP contribution in [0.2, 0.25) is 0 Å². The van der Waals surface area contributed by atoms with Crippen LogP contribution in [0.3, 0.4) is 0 Å². The standard InChI is InChI=1S/C25H30N6O7/c1-5-9-27-24(35)18-11-30-21(16(18)4)22(28-13-29-30)31(25(36)38-14-37-20(33)12-32)19-10-17(8-7-15(19)3)23(34)26-6-2/h7-8,10-11,13,32H,5-6,9,12,14H2,1-4H3,(H,26,34)(H,27,35). The summed E-state index contributed by atoms with van der Waals surface area (Å²) < 4.78 is 11.3. The van der Waals surface area contributed by atoms with Crippen molar-refractivity contribution in [3.8, 4) is 0 Å². The van der Waals surface area contributed by atoms with Crippen molar-refractivity contribution >= 4 is 40.9 Å². The molecule has 202 valence electrons. The molecule has 2 aromatic heterocycles. The quantitative estimate of drug-likeness (QED) is 0.265. The zero-order valence-electron chi connectivity index (χ0n) is 21.6. The monoisotopic (exact) mass is 526 g/mol. The maximum Gasteiger partial charge on any atom is 0.423 e. The number of nitrogens with zero attached hydrogens (tertiary/aromatic N) is 4. The van der Waals surface area contributed by atoms with Gasteiger partial charge in [-0.05, 0) is 50.5 Å². The zero-order valence-corrected chi connectivity index (χ0v) is 21.6. The van der Waals surface area contributed by atoms with Crippen LogP contribution in [-0.2, 0) is 14.3 Å². The number of anilines is 2. The molecular weight excluding hydrogens is 496 g/mol. The first-order chi connectivity index (χ1) is 18.2. The molecule has 0 radical (unpaired) electrons. The summed E-state index contributed by atoms with van der Waals surface area (Å²) in [6.45, 7) is 6.40. The first-order valence-electron chi connectivity index (χ1n) is 12.0. The Kier molecular flexibility index (Phi) is 9.33. The molecule has 1 aromatic carbocycles. The minimum Gasteiger partial charge on any atom is -0.426 e.